The van der Waals surface area contributed by atoms with E-state index in [0.717, 1.165) is 28.0 Å². The van der Waals surface area contributed by atoms with Gasteiger partial charge < -0.3 is 15.2 Å². The molecule has 1 aliphatic heterocycles. The number of ketones is 1. The zero-order valence-corrected chi connectivity index (χ0v) is 24.1. The summed E-state index contributed by atoms with van der Waals surface area (Å²) in [6.45, 7) is 4.28. The number of methoxy groups -OCH3 is 1. The van der Waals surface area contributed by atoms with Gasteiger partial charge in [0.05, 0.1) is 30.4 Å². The van der Waals surface area contributed by atoms with E-state index in [4.69, 9.17) is 15.2 Å². The minimum absolute atomic E-state index is 0.0509. The number of hydrogen-bond acceptors (Lipinski definition) is 6. The minimum Gasteiger partial charge on any atom is -0.497 e. The maximum absolute atomic E-state index is 15.2. The van der Waals surface area contributed by atoms with Crippen LogP contribution in [-0.4, -0.2) is 12.9 Å². The van der Waals surface area contributed by atoms with Crippen LogP contribution >= 0.6 is 15.9 Å². The lowest BCUT2D eigenvalue weighted by Gasteiger charge is -2.40. The van der Waals surface area contributed by atoms with Gasteiger partial charge in [0.25, 0.3) is 0 Å². The highest BCUT2D eigenvalue weighted by Gasteiger charge is 2.41. The molecule has 8 heteroatoms. The molecule has 3 aromatic carbocycles. The third kappa shape index (κ3) is 4.98. The molecule has 2 N–H and O–H groups in total. The lowest BCUT2D eigenvalue weighted by Crippen LogP contribution is -2.39. The smallest absolute Gasteiger partial charge is 0.161 e. The fourth-order valence-electron chi connectivity index (χ4n) is 5.55. The van der Waals surface area contributed by atoms with Crippen molar-refractivity contribution in [2.75, 3.05) is 12.0 Å². The molecule has 1 aliphatic carbocycles. The minimum atomic E-state index is -0.650. The summed E-state index contributed by atoms with van der Waals surface area (Å²) in [6.07, 6.45) is 1.54. The number of rotatable bonds is 6. The number of ether oxygens (including phenoxy) is 2. The van der Waals surface area contributed by atoms with Crippen LogP contribution in [0.3, 0.4) is 0 Å². The normalized spacial score (nSPS) is 17.1. The van der Waals surface area contributed by atoms with E-state index in [0.29, 0.717) is 47.4 Å². The quantitative estimate of drug-likeness (QED) is 0.324. The van der Waals surface area contributed by atoms with E-state index in [9.17, 15) is 10.1 Å². The van der Waals surface area contributed by atoms with Gasteiger partial charge in [0.15, 0.2) is 5.78 Å². The van der Waals surface area contributed by atoms with E-state index < -0.39 is 11.7 Å². The SMILES string of the molecule is COc1ccc(OCc2cc(C3C(C#N)=C(N)N(c4ccc(Br)cc4F)C4=C3C(=O)CCC4)c(C)cc2C)cc1. The summed E-state index contributed by atoms with van der Waals surface area (Å²) < 4.78 is 27.1. The van der Waals surface area contributed by atoms with Crippen molar-refractivity contribution < 1.29 is 18.7 Å². The predicted octanol–water partition coefficient (Wildman–Crippen LogP) is 7.10. The monoisotopic (exact) mass is 601 g/mol. The second-order valence-corrected chi connectivity index (χ2v) is 10.9. The van der Waals surface area contributed by atoms with Gasteiger partial charge in [-0.15, -0.1) is 0 Å². The first kappa shape index (κ1) is 27.5. The molecule has 3 aromatic rings. The molecule has 0 saturated carbocycles. The number of hydrogen-bond donors (Lipinski definition) is 1. The van der Waals surface area contributed by atoms with E-state index in [1.54, 1.807) is 24.1 Å². The molecular formula is C32H29BrFN3O3. The predicted molar refractivity (Wildman–Crippen MR) is 155 cm³/mol. The van der Waals surface area contributed by atoms with Crippen LogP contribution in [0.4, 0.5) is 10.1 Å². The molecule has 6 nitrogen and oxygen atoms in total. The van der Waals surface area contributed by atoms with Gasteiger partial charge in [-0.25, -0.2) is 4.39 Å². The number of anilines is 1. The van der Waals surface area contributed by atoms with Crippen LogP contribution in [0.15, 0.2) is 81.7 Å². The van der Waals surface area contributed by atoms with Gasteiger partial charge in [0, 0.05) is 22.2 Å². The zero-order valence-electron chi connectivity index (χ0n) is 22.6. The number of nitrogens with two attached hydrogens (primary N) is 1. The van der Waals surface area contributed by atoms with Crippen LogP contribution in [0.25, 0.3) is 0 Å². The molecule has 1 heterocycles. The molecule has 0 fully saturated rings. The highest BCUT2D eigenvalue weighted by atomic mass is 79.9. The van der Waals surface area contributed by atoms with Crippen molar-refractivity contribution in [2.24, 2.45) is 5.73 Å². The van der Waals surface area contributed by atoms with Crippen molar-refractivity contribution in [3.63, 3.8) is 0 Å². The van der Waals surface area contributed by atoms with Crippen LogP contribution < -0.4 is 20.1 Å². The summed E-state index contributed by atoms with van der Waals surface area (Å²) in [4.78, 5) is 15.1. The Morgan fingerprint density at radius 3 is 2.48 bits per heavy atom. The Balaban J connectivity index is 1.61. The number of nitriles is 1. The van der Waals surface area contributed by atoms with Crippen LogP contribution in [0.2, 0.25) is 0 Å². The van der Waals surface area contributed by atoms with Gasteiger partial charge in [0.1, 0.15) is 29.7 Å². The van der Waals surface area contributed by atoms with Crippen molar-refractivity contribution in [1.29, 1.82) is 5.26 Å². The molecule has 40 heavy (non-hydrogen) atoms. The first-order valence-corrected chi connectivity index (χ1v) is 13.8. The van der Waals surface area contributed by atoms with E-state index in [2.05, 4.69) is 22.0 Å². The maximum atomic E-state index is 15.2. The van der Waals surface area contributed by atoms with Crippen LogP contribution in [-0.2, 0) is 11.4 Å². The van der Waals surface area contributed by atoms with Gasteiger partial charge in [0.2, 0.25) is 0 Å². The fraction of sp³-hybridized carbons (Fsp3) is 0.250. The highest BCUT2D eigenvalue weighted by Crippen LogP contribution is 2.47. The fourth-order valence-corrected chi connectivity index (χ4v) is 5.88. The molecule has 2 aliphatic rings. The second-order valence-electron chi connectivity index (χ2n) is 10.0. The molecule has 0 saturated heterocycles. The van der Waals surface area contributed by atoms with Crippen LogP contribution in [0.5, 0.6) is 11.5 Å². The van der Waals surface area contributed by atoms with Crippen molar-refractivity contribution >= 4 is 27.4 Å². The molecule has 1 unspecified atom stereocenters. The lowest BCUT2D eigenvalue weighted by molar-refractivity contribution is -0.116. The molecule has 0 aromatic heterocycles. The first-order chi connectivity index (χ1) is 19.2. The Labute approximate surface area is 241 Å². The largest absolute Gasteiger partial charge is 0.497 e. The van der Waals surface area contributed by atoms with Crippen molar-refractivity contribution in [1.82, 2.24) is 0 Å². The summed E-state index contributed by atoms with van der Waals surface area (Å²) in [5.74, 6) is 0.375. The highest BCUT2D eigenvalue weighted by molar-refractivity contribution is 9.10. The second kappa shape index (κ2) is 11.2. The third-order valence-electron chi connectivity index (χ3n) is 7.55. The van der Waals surface area contributed by atoms with Crippen LogP contribution in [0.1, 0.15) is 47.4 Å². The van der Waals surface area contributed by atoms with Gasteiger partial charge in [-0.2, -0.15) is 5.26 Å². The Morgan fingerprint density at radius 1 is 1.07 bits per heavy atom. The number of benzene rings is 3. The Kier molecular flexibility index (Phi) is 7.68. The van der Waals surface area contributed by atoms with Gasteiger partial charge in [-0.05, 0) is 91.4 Å². The van der Waals surface area contributed by atoms with Gasteiger partial charge >= 0.3 is 0 Å². The first-order valence-electron chi connectivity index (χ1n) is 13.0. The Hall–Kier alpha value is -4.09. The summed E-state index contributed by atoms with van der Waals surface area (Å²) in [7, 11) is 1.61. The molecule has 5 rings (SSSR count). The van der Waals surface area contributed by atoms with E-state index in [1.807, 2.05) is 50.2 Å². The molecule has 0 radical (unpaired) electrons. The van der Waals surface area contributed by atoms with Gasteiger partial charge in [-0.3, -0.25) is 9.69 Å². The molecule has 0 amide bonds. The average molecular weight is 603 g/mol. The zero-order chi connectivity index (χ0) is 28.6. The summed E-state index contributed by atoms with van der Waals surface area (Å²) >= 11 is 3.30. The number of aryl methyl sites for hydroxylation is 2. The summed E-state index contributed by atoms with van der Waals surface area (Å²) in [5, 5.41) is 10.4. The molecular weight excluding hydrogens is 573 g/mol. The number of nitrogens with zero attached hydrogens (tertiary/aromatic N) is 2. The number of carbonyl (C=O) groups excluding carboxylic acids is 1. The van der Waals surface area contributed by atoms with Crippen molar-refractivity contribution in [3.05, 3.63) is 110 Å². The number of halogens is 2. The summed E-state index contributed by atoms with van der Waals surface area (Å²) in [6, 6.07) is 18.3. The van der Waals surface area contributed by atoms with Crippen molar-refractivity contribution in [2.45, 2.75) is 45.6 Å². The average Bonchev–Trinajstić information content (AvgIpc) is 2.93. The maximum Gasteiger partial charge on any atom is 0.161 e. The molecule has 204 valence electrons. The lowest BCUT2D eigenvalue weighted by atomic mass is 9.74. The topological polar surface area (TPSA) is 88.6 Å². The van der Waals surface area contributed by atoms with Crippen molar-refractivity contribution in [3.8, 4) is 17.6 Å². The third-order valence-corrected chi connectivity index (χ3v) is 8.05. The standard InChI is InChI=1S/C32H29BrFN3O3/c1-18-13-19(2)24(14-20(18)17-40-23-10-8-22(39-3)9-11-23)30-25(16-35)32(36)37(27-12-7-21(33)15-26(27)34)28-5-4-6-29(38)31(28)30/h7-15,30H,4-6,17,36H2,1-3H3. The van der Waals surface area contributed by atoms with Gasteiger partial charge in [-0.1, -0.05) is 28.1 Å². The van der Waals surface area contributed by atoms with E-state index in [1.165, 1.54) is 6.07 Å². The molecule has 0 spiro atoms. The number of allylic oxidation sites excluding steroid dienone is 3. The van der Waals surface area contributed by atoms with E-state index >= 15 is 4.39 Å². The molecule has 1 atom stereocenters. The summed E-state index contributed by atoms with van der Waals surface area (Å²) in [5.41, 5.74) is 12.0. The van der Waals surface area contributed by atoms with E-state index in [-0.39, 0.29) is 22.9 Å². The Bertz CT molecular complexity index is 1600. The number of carbonyl (C=O) groups is 1. The molecule has 0 bridgehead atoms. The van der Waals surface area contributed by atoms with Crippen LogP contribution in [0, 0.1) is 31.0 Å². The number of Topliss-reactive ketones (excluding diaryl/α,β-unsaturated/α-hetero) is 1. The Morgan fingerprint density at radius 2 is 1.80 bits per heavy atom.